The molecule has 2 aromatic heterocycles. The number of carbonyl (C=O) groups is 1. The molecule has 2 N–H and O–H groups in total. The number of carboxylic acid groups (broad SMARTS) is 1. The molecule has 0 saturated carbocycles. The van der Waals surface area contributed by atoms with Crippen molar-refractivity contribution in [1.82, 2.24) is 24.5 Å². The maximum Gasteiger partial charge on any atom is 0.407 e. The molecule has 1 aliphatic heterocycles. The number of likely N-dealkylation sites (tertiary alicyclic amines) is 1. The van der Waals surface area contributed by atoms with E-state index >= 15 is 0 Å². The molecule has 2 unspecified atom stereocenters. The van der Waals surface area contributed by atoms with E-state index < -0.39 is 11.9 Å². The van der Waals surface area contributed by atoms with E-state index in [1.807, 2.05) is 19.1 Å². The van der Waals surface area contributed by atoms with Gasteiger partial charge in [-0.05, 0) is 38.0 Å². The normalized spacial score (nSPS) is 17.6. The minimum absolute atomic E-state index is 0.0650. The number of ether oxygens (including phenoxy) is 3. The first-order valence-electron chi connectivity index (χ1n) is 12.2. The first kappa shape index (κ1) is 25.3. The van der Waals surface area contributed by atoms with Crippen LogP contribution in [0.4, 0.5) is 15.1 Å². The standard InChI is InChI=1S/C26H29FN6O5/c1-14-5-6-16(13-32(14)26(34)35)23-30-24-18-10-19(27)22(38-4)11-20(18)29-25(33(24)31-23)28-12-15-7-8-17(36-2)9-21(15)37-3/h7-11,14,16H,5-6,12-13H2,1-4H3,(H,28,29)(H,34,35). The van der Waals surface area contributed by atoms with E-state index in [1.54, 1.807) is 24.8 Å². The zero-order chi connectivity index (χ0) is 27.0. The van der Waals surface area contributed by atoms with Gasteiger partial charge in [-0.15, -0.1) is 5.10 Å². The van der Waals surface area contributed by atoms with Crippen LogP contribution in [0.3, 0.4) is 0 Å². The molecular weight excluding hydrogens is 495 g/mol. The lowest BCUT2D eigenvalue weighted by atomic mass is 9.93. The lowest BCUT2D eigenvalue weighted by Crippen LogP contribution is -2.44. The molecule has 5 rings (SSSR count). The molecule has 1 amide bonds. The van der Waals surface area contributed by atoms with Crippen LogP contribution in [-0.4, -0.2) is 69.6 Å². The second-order valence-electron chi connectivity index (χ2n) is 9.23. The summed E-state index contributed by atoms with van der Waals surface area (Å²) in [5.74, 6) is 1.51. The maximum atomic E-state index is 14.7. The monoisotopic (exact) mass is 524 g/mol. The highest BCUT2D eigenvalue weighted by molar-refractivity contribution is 5.93. The van der Waals surface area contributed by atoms with Gasteiger partial charge in [-0.1, -0.05) is 0 Å². The third kappa shape index (κ3) is 4.57. The molecule has 2 atom stereocenters. The van der Waals surface area contributed by atoms with Crippen LogP contribution in [0.5, 0.6) is 17.2 Å². The van der Waals surface area contributed by atoms with Crippen molar-refractivity contribution >= 4 is 28.6 Å². The summed E-state index contributed by atoms with van der Waals surface area (Å²) in [5.41, 5.74) is 1.75. The number of nitrogens with zero attached hydrogens (tertiary/aromatic N) is 5. The highest BCUT2D eigenvalue weighted by atomic mass is 19.1. The van der Waals surface area contributed by atoms with E-state index in [2.05, 4.69) is 5.32 Å². The zero-order valence-corrected chi connectivity index (χ0v) is 21.6. The van der Waals surface area contributed by atoms with Crippen molar-refractivity contribution in [2.75, 3.05) is 33.2 Å². The summed E-state index contributed by atoms with van der Waals surface area (Å²) < 4.78 is 32.2. The SMILES string of the molecule is COc1ccc(CNc2nc3cc(OC)c(F)cc3c3nc(C4CCC(C)N(C(=O)O)C4)nn23)c(OC)c1. The van der Waals surface area contributed by atoms with Gasteiger partial charge in [0.1, 0.15) is 11.5 Å². The molecule has 11 nitrogen and oxygen atoms in total. The highest BCUT2D eigenvalue weighted by Gasteiger charge is 2.32. The number of nitrogens with one attached hydrogen (secondary N) is 1. The Labute approximate surface area is 218 Å². The molecule has 4 aromatic rings. The fourth-order valence-corrected chi connectivity index (χ4v) is 4.83. The van der Waals surface area contributed by atoms with E-state index in [4.69, 9.17) is 29.3 Å². The smallest absolute Gasteiger partial charge is 0.407 e. The molecule has 38 heavy (non-hydrogen) atoms. The molecule has 12 heteroatoms. The second-order valence-corrected chi connectivity index (χ2v) is 9.23. The fourth-order valence-electron chi connectivity index (χ4n) is 4.83. The lowest BCUT2D eigenvalue weighted by Gasteiger charge is -2.34. The summed E-state index contributed by atoms with van der Waals surface area (Å²) in [6.07, 6.45) is 0.462. The van der Waals surface area contributed by atoms with Gasteiger partial charge in [-0.2, -0.15) is 4.52 Å². The Morgan fingerprint density at radius 2 is 1.89 bits per heavy atom. The number of benzene rings is 2. The van der Waals surface area contributed by atoms with Gasteiger partial charge >= 0.3 is 6.09 Å². The summed E-state index contributed by atoms with van der Waals surface area (Å²) in [6, 6.07) is 8.28. The number of anilines is 1. The first-order valence-corrected chi connectivity index (χ1v) is 12.2. The number of hydrogen-bond donors (Lipinski definition) is 2. The number of hydrogen-bond acceptors (Lipinski definition) is 8. The number of piperidine rings is 1. The fraction of sp³-hybridized carbons (Fsp3) is 0.385. The van der Waals surface area contributed by atoms with Crippen molar-refractivity contribution in [1.29, 1.82) is 0 Å². The van der Waals surface area contributed by atoms with Gasteiger partial charge in [0.25, 0.3) is 0 Å². The third-order valence-electron chi connectivity index (χ3n) is 6.99. The molecule has 0 bridgehead atoms. The van der Waals surface area contributed by atoms with Crippen molar-refractivity contribution in [2.45, 2.75) is 38.3 Å². The Hall–Kier alpha value is -4.35. The van der Waals surface area contributed by atoms with Gasteiger partial charge in [0.15, 0.2) is 23.0 Å². The van der Waals surface area contributed by atoms with E-state index in [0.717, 1.165) is 12.0 Å². The number of halogens is 1. The molecule has 200 valence electrons. The molecular formula is C26H29FN6O5. The van der Waals surface area contributed by atoms with Gasteiger partial charge in [-0.25, -0.2) is 19.2 Å². The minimum Gasteiger partial charge on any atom is -0.497 e. The van der Waals surface area contributed by atoms with Crippen molar-refractivity contribution in [3.63, 3.8) is 0 Å². The molecule has 1 aliphatic rings. The summed E-state index contributed by atoms with van der Waals surface area (Å²) >= 11 is 0. The van der Waals surface area contributed by atoms with Gasteiger partial charge in [0, 0.05) is 48.1 Å². The van der Waals surface area contributed by atoms with Crippen LogP contribution in [0.1, 0.15) is 37.1 Å². The minimum atomic E-state index is -0.969. The Bertz CT molecular complexity index is 1510. The highest BCUT2D eigenvalue weighted by Crippen LogP contribution is 2.32. The van der Waals surface area contributed by atoms with Gasteiger partial charge in [-0.3, -0.25) is 0 Å². The van der Waals surface area contributed by atoms with Crippen molar-refractivity contribution in [2.24, 2.45) is 0 Å². The van der Waals surface area contributed by atoms with Gasteiger partial charge < -0.3 is 29.5 Å². The van der Waals surface area contributed by atoms with Crippen LogP contribution in [0.25, 0.3) is 16.6 Å². The quantitative estimate of drug-likeness (QED) is 0.364. The van der Waals surface area contributed by atoms with Gasteiger partial charge in [0.05, 0.1) is 26.8 Å². The van der Waals surface area contributed by atoms with Crippen LogP contribution in [0.15, 0.2) is 30.3 Å². The summed E-state index contributed by atoms with van der Waals surface area (Å²) in [4.78, 5) is 22.6. The largest absolute Gasteiger partial charge is 0.497 e. The summed E-state index contributed by atoms with van der Waals surface area (Å²) in [7, 11) is 4.57. The molecule has 1 fully saturated rings. The predicted molar refractivity (Wildman–Crippen MR) is 138 cm³/mol. The van der Waals surface area contributed by atoms with Crippen LogP contribution in [0.2, 0.25) is 0 Å². The Morgan fingerprint density at radius 3 is 2.61 bits per heavy atom. The van der Waals surface area contributed by atoms with Gasteiger partial charge in [0.2, 0.25) is 5.95 Å². The lowest BCUT2D eigenvalue weighted by molar-refractivity contribution is 0.104. The molecule has 0 aliphatic carbocycles. The topological polar surface area (TPSA) is 123 Å². The molecule has 3 heterocycles. The molecule has 0 radical (unpaired) electrons. The number of methoxy groups -OCH3 is 3. The van der Waals surface area contributed by atoms with Crippen LogP contribution in [-0.2, 0) is 6.54 Å². The van der Waals surface area contributed by atoms with E-state index in [9.17, 15) is 14.3 Å². The number of amides is 1. The van der Waals surface area contributed by atoms with Crippen LogP contribution in [0, 0.1) is 5.82 Å². The van der Waals surface area contributed by atoms with E-state index in [1.165, 1.54) is 24.1 Å². The number of fused-ring (bicyclic) bond motifs is 3. The van der Waals surface area contributed by atoms with E-state index in [0.29, 0.717) is 52.8 Å². The predicted octanol–water partition coefficient (Wildman–Crippen LogP) is 4.30. The van der Waals surface area contributed by atoms with Crippen molar-refractivity contribution < 1.29 is 28.5 Å². The molecule has 1 saturated heterocycles. The Kier molecular flexibility index (Phi) is 6.79. The average Bonchev–Trinajstić information content (AvgIpc) is 3.37. The number of aromatic nitrogens is 4. The van der Waals surface area contributed by atoms with Crippen molar-refractivity contribution in [3.8, 4) is 17.2 Å². The first-order chi connectivity index (χ1) is 18.3. The molecule has 0 spiro atoms. The second kappa shape index (κ2) is 10.2. The Balaban J connectivity index is 1.58. The molecule has 2 aromatic carbocycles. The zero-order valence-electron chi connectivity index (χ0n) is 21.6. The summed E-state index contributed by atoms with van der Waals surface area (Å²) in [6.45, 7) is 2.53. The Morgan fingerprint density at radius 1 is 1.11 bits per heavy atom. The van der Waals surface area contributed by atoms with Crippen molar-refractivity contribution in [3.05, 3.63) is 47.5 Å². The average molecular weight is 525 g/mol. The maximum absolute atomic E-state index is 14.7. The van der Waals surface area contributed by atoms with E-state index in [-0.39, 0.29) is 24.3 Å². The number of rotatable bonds is 7. The summed E-state index contributed by atoms with van der Waals surface area (Å²) in [5, 5.41) is 18.1. The van der Waals surface area contributed by atoms with Crippen LogP contribution < -0.4 is 19.5 Å². The third-order valence-corrected chi connectivity index (χ3v) is 6.99. The van der Waals surface area contributed by atoms with Crippen LogP contribution >= 0.6 is 0 Å².